The predicted molar refractivity (Wildman–Crippen MR) is 63.4 cm³/mol. The molecule has 6 heteroatoms. The molecule has 1 saturated heterocycles. The van der Waals surface area contributed by atoms with Crippen LogP contribution >= 0.6 is 0 Å². The second-order valence-corrected chi connectivity index (χ2v) is 4.34. The molecule has 17 heavy (non-hydrogen) atoms. The van der Waals surface area contributed by atoms with E-state index < -0.39 is 17.9 Å². The van der Waals surface area contributed by atoms with Crippen LogP contribution in [-0.2, 0) is 9.59 Å². The highest BCUT2D eigenvalue weighted by Gasteiger charge is 2.31. The van der Waals surface area contributed by atoms with Gasteiger partial charge in [-0.3, -0.25) is 9.59 Å². The van der Waals surface area contributed by atoms with Gasteiger partial charge in [0.25, 0.3) is 0 Å². The van der Waals surface area contributed by atoms with Gasteiger partial charge in [0, 0.05) is 33.2 Å². The number of rotatable bonds is 6. The summed E-state index contributed by atoms with van der Waals surface area (Å²) in [6.45, 7) is 4.57. The summed E-state index contributed by atoms with van der Waals surface area (Å²) in [6, 6.07) is 0. The molecule has 1 aliphatic heterocycles. The van der Waals surface area contributed by atoms with E-state index in [1.807, 2.05) is 6.92 Å². The summed E-state index contributed by atoms with van der Waals surface area (Å²) < 4.78 is 0. The molecule has 0 aromatic heterocycles. The fourth-order valence-electron chi connectivity index (χ4n) is 1.71. The zero-order valence-corrected chi connectivity index (χ0v) is 10.5. The number of carbonyl (C=O) groups excluding carboxylic acids is 2. The molecule has 0 aliphatic carbocycles. The molecule has 0 spiro atoms. The van der Waals surface area contributed by atoms with Crippen LogP contribution < -0.4 is 5.32 Å². The number of hydrogen-bond acceptors (Lipinski definition) is 4. The third kappa shape index (κ3) is 3.98. The zero-order valence-electron chi connectivity index (χ0n) is 10.5. The molecule has 1 heterocycles. The molecule has 0 aromatic carbocycles. The number of β-amino-alcohol motifs (C(OH)–C–C–N with tert-alkyl or cyclic N) is 1. The van der Waals surface area contributed by atoms with E-state index in [0.29, 0.717) is 19.6 Å². The summed E-state index contributed by atoms with van der Waals surface area (Å²) in [6.07, 6.45) is 0.375. The van der Waals surface area contributed by atoms with Crippen LogP contribution in [0.5, 0.6) is 0 Å². The van der Waals surface area contributed by atoms with Gasteiger partial charge in [-0.15, -0.1) is 0 Å². The minimum absolute atomic E-state index is 0.217. The largest absolute Gasteiger partial charge is 0.390 e. The number of aliphatic hydroxyl groups is 1. The minimum Gasteiger partial charge on any atom is -0.390 e. The average molecular weight is 243 g/mol. The van der Waals surface area contributed by atoms with Gasteiger partial charge in [0.2, 0.25) is 0 Å². The quantitative estimate of drug-likeness (QED) is 0.447. The van der Waals surface area contributed by atoms with Gasteiger partial charge in [0.1, 0.15) is 0 Å². The maximum atomic E-state index is 11.6. The van der Waals surface area contributed by atoms with Crippen molar-refractivity contribution >= 4 is 11.8 Å². The standard InChI is InChI=1S/C11H21N3O3/c1-3-4-12-7-9(15)8-14-6-5-13(2)10(16)11(14)17/h9,12,15H,3-8H2,1-2H3. The second-order valence-electron chi connectivity index (χ2n) is 4.34. The smallest absolute Gasteiger partial charge is 0.312 e. The van der Waals surface area contributed by atoms with Crippen LogP contribution in [0.15, 0.2) is 0 Å². The molecule has 1 atom stereocenters. The number of carbonyl (C=O) groups is 2. The summed E-state index contributed by atoms with van der Waals surface area (Å²) in [7, 11) is 1.61. The highest BCUT2D eigenvalue weighted by molar-refractivity contribution is 6.35. The Morgan fingerprint density at radius 3 is 2.71 bits per heavy atom. The second kappa shape index (κ2) is 6.56. The van der Waals surface area contributed by atoms with Crippen molar-refractivity contribution in [3.05, 3.63) is 0 Å². The van der Waals surface area contributed by atoms with Gasteiger partial charge in [-0.1, -0.05) is 6.92 Å². The van der Waals surface area contributed by atoms with E-state index in [2.05, 4.69) is 5.32 Å². The van der Waals surface area contributed by atoms with Crippen LogP contribution in [0.2, 0.25) is 0 Å². The van der Waals surface area contributed by atoms with Crippen LogP contribution in [0.4, 0.5) is 0 Å². The fraction of sp³-hybridized carbons (Fsp3) is 0.818. The Kier molecular flexibility index (Phi) is 5.37. The zero-order chi connectivity index (χ0) is 12.8. The maximum absolute atomic E-state index is 11.6. The maximum Gasteiger partial charge on any atom is 0.312 e. The van der Waals surface area contributed by atoms with Gasteiger partial charge >= 0.3 is 11.8 Å². The SMILES string of the molecule is CCCNCC(O)CN1CCN(C)C(=O)C1=O. The fourth-order valence-corrected chi connectivity index (χ4v) is 1.71. The Balaban J connectivity index is 2.35. The molecule has 0 aromatic rings. The van der Waals surface area contributed by atoms with E-state index in [1.165, 1.54) is 9.80 Å². The van der Waals surface area contributed by atoms with E-state index in [0.717, 1.165) is 13.0 Å². The summed E-state index contributed by atoms with van der Waals surface area (Å²) in [5.74, 6) is -1.02. The van der Waals surface area contributed by atoms with Crippen molar-refractivity contribution in [3.63, 3.8) is 0 Å². The van der Waals surface area contributed by atoms with Crippen molar-refractivity contribution in [3.8, 4) is 0 Å². The molecule has 1 fully saturated rings. The van der Waals surface area contributed by atoms with Crippen LogP contribution in [0.25, 0.3) is 0 Å². The summed E-state index contributed by atoms with van der Waals surface area (Å²) in [4.78, 5) is 25.8. The lowest BCUT2D eigenvalue weighted by Gasteiger charge is -2.32. The molecule has 98 valence electrons. The molecule has 1 rings (SSSR count). The van der Waals surface area contributed by atoms with Crippen molar-refractivity contribution in [2.75, 3.05) is 39.8 Å². The van der Waals surface area contributed by atoms with Crippen LogP contribution in [0.3, 0.4) is 0 Å². The Morgan fingerprint density at radius 2 is 2.06 bits per heavy atom. The third-order valence-corrected chi connectivity index (χ3v) is 2.76. The van der Waals surface area contributed by atoms with E-state index >= 15 is 0 Å². The molecule has 0 saturated carbocycles. The van der Waals surface area contributed by atoms with Crippen molar-refractivity contribution in [2.24, 2.45) is 0 Å². The summed E-state index contributed by atoms with van der Waals surface area (Å²) >= 11 is 0. The van der Waals surface area contributed by atoms with Gasteiger partial charge < -0.3 is 20.2 Å². The number of nitrogens with one attached hydrogen (secondary N) is 1. The first-order valence-electron chi connectivity index (χ1n) is 5.99. The molecule has 1 unspecified atom stereocenters. The molecule has 0 bridgehead atoms. The molecule has 0 radical (unpaired) electrons. The van der Waals surface area contributed by atoms with Gasteiger partial charge in [-0.25, -0.2) is 0 Å². The number of piperazine rings is 1. The molecule has 2 N–H and O–H groups in total. The Bertz CT molecular complexity index is 283. The van der Waals surface area contributed by atoms with Gasteiger partial charge in [0.05, 0.1) is 6.10 Å². The highest BCUT2D eigenvalue weighted by atomic mass is 16.3. The first kappa shape index (κ1) is 13.9. The monoisotopic (exact) mass is 243 g/mol. The lowest BCUT2D eigenvalue weighted by atomic mass is 10.2. The van der Waals surface area contributed by atoms with Crippen LogP contribution in [-0.4, -0.2) is 72.6 Å². The van der Waals surface area contributed by atoms with E-state index in [4.69, 9.17) is 0 Å². The number of amides is 2. The molecule has 6 nitrogen and oxygen atoms in total. The number of hydrogen-bond donors (Lipinski definition) is 2. The predicted octanol–water partition coefficient (Wildman–Crippen LogP) is -1.35. The lowest BCUT2D eigenvalue weighted by Crippen LogP contribution is -2.55. The van der Waals surface area contributed by atoms with Gasteiger partial charge in [-0.05, 0) is 13.0 Å². The van der Waals surface area contributed by atoms with Crippen molar-refractivity contribution in [2.45, 2.75) is 19.4 Å². The van der Waals surface area contributed by atoms with Gasteiger partial charge in [-0.2, -0.15) is 0 Å². The highest BCUT2D eigenvalue weighted by Crippen LogP contribution is 2.03. The third-order valence-electron chi connectivity index (χ3n) is 2.76. The first-order chi connectivity index (χ1) is 8.06. The normalized spacial score (nSPS) is 18.8. The first-order valence-corrected chi connectivity index (χ1v) is 5.99. The van der Waals surface area contributed by atoms with E-state index in [1.54, 1.807) is 7.05 Å². The Labute approximate surface area is 102 Å². The topological polar surface area (TPSA) is 72.9 Å². The van der Waals surface area contributed by atoms with Crippen molar-refractivity contribution in [1.82, 2.24) is 15.1 Å². The molecular weight excluding hydrogens is 222 g/mol. The summed E-state index contributed by atoms with van der Waals surface area (Å²) in [5, 5.41) is 12.8. The van der Waals surface area contributed by atoms with Crippen molar-refractivity contribution < 1.29 is 14.7 Å². The van der Waals surface area contributed by atoms with Gasteiger partial charge in [0.15, 0.2) is 0 Å². The van der Waals surface area contributed by atoms with Crippen molar-refractivity contribution in [1.29, 1.82) is 0 Å². The molecular formula is C11H21N3O3. The number of aliphatic hydroxyl groups excluding tert-OH is 1. The van der Waals surface area contributed by atoms with E-state index in [9.17, 15) is 14.7 Å². The Hall–Kier alpha value is -1.14. The average Bonchev–Trinajstić information content (AvgIpc) is 2.30. The van der Waals surface area contributed by atoms with Crippen LogP contribution in [0, 0.1) is 0 Å². The minimum atomic E-state index is -0.623. The summed E-state index contributed by atoms with van der Waals surface area (Å²) in [5.41, 5.74) is 0. The lowest BCUT2D eigenvalue weighted by molar-refractivity contribution is -0.155. The number of nitrogens with zero attached hydrogens (tertiary/aromatic N) is 2. The van der Waals surface area contributed by atoms with E-state index in [-0.39, 0.29) is 6.54 Å². The Morgan fingerprint density at radius 1 is 1.35 bits per heavy atom. The molecule has 2 amide bonds. The number of likely N-dealkylation sites (N-methyl/N-ethyl adjacent to an activating group) is 1. The van der Waals surface area contributed by atoms with Crippen LogP contribution in [0.1, 0.15) is 13.3 Å². The molecule has 1 aliphatic rings.